The van der Waals surface area contributed by atoms with E-state index in [0.29, 0.717) is 0 Å². The number of hydrogen-bond donors (Lipinski definition) is 1. The lowest BCUT2D eigenvalue weighted by atomic mass is 10.1. The zero-order valence-electron chi connectivity index (χ0n) is 13.2. The molecule has 3 heteroatoms. The third-order valence-electron chi connectivity index (χ3n) is 4.75. The Morgan fingerprint density at radius 3 is 3.24 bits per heavy atom. The van der Waals surface area contributed by atoms with Crippen LogP contribution in [0.2, 0.25) is 0 Å². The Bertz CT molecular complexity index is 461. The lowest BCUT2D eigenvalue weighted by molar-refractivity contribution is 0.250. The van der Waals surface area contributed by atoms with Crippen LogP contribution in [-0.2, 0) is 12.8 Å². The van der Waals surface area contributed by atoms with Crippen LogP contribution in [0.15, 0.2) is 18.2 Å². The highest BCUT2D eigenvalue weighted by atomic mass is 16.5. The Labute approximate surface area is 128 Å². The molecule has 1 N–H and O–H groups in total. The van der Waals surface area contributed by atoms with E-state index >= 15 is 0 Å². The monoisotopic (exact) mass is 288 g/mol. The predicted molar refractivity (Wildman–Crippen MR) is 87.1 cm³/mol. The summed E-state index contributed by atoms with van der Waals surface area (Å²) in [5.41, 5.74) is 2.86. The van der Waals surface area contributed by atoms with Crippen LogP contribution in [0.25, 0.3) is 0 Å². The molecule has 0 aromatic heterocycles. The lowest BCUT2D eigenvalue weighted by Crippen LogP contribution is -2.39. The first-order valence-corrected chi connectivity index (χ1v) is 8.56. The first-order valence-electron chi connectivity index (χ1n) is 8.56. The number of nitrogens with one attached hydrogen (secondary N) is 1. The van der Waals surface area contributed by atoms with Gasteiger partial charge >= 0.3 is 0 Å². The smallest absolute Gasteiger partial charge is 0.122 e. The van der Waals surface area contributed by atoms with Gasteiger partial charge in [0.2, 0.25) is 0 Å². The van der Waals surface area contributed by atoms with Gasteiger partial charge in [0.15, 0.2) is 0 Å². The Balaban J connectivity index is 1.49. The van der Waals surface area contributed by atoms with Gasteiger partial charge in [-0.25, -0.2) is 0 Å². The van der Waals surface area contributed by atoms with Gasteiger partial charge in [-0.1, -0.05) is 19.1 Å². The number of likely N-dealkylation sites (tertiary alicyclic amines) is 1. The number of nitrogens with zero attached hydrogens (tertiary/aromatic N) is 1. The molecule has 116 valence electrons. The van der Waals surface area contributed by atoms with Crippen molar-refractivity contribution in [3.63, 3.8) is 0 Å². The molecule has 0 amide bonds. The molecule has 2 aliphatic heterocycles. The number of ether oxygens (including phenoxy) is 1. The average Bonchev–Trinajstić information content (AvgIpc) is 3.13. The van der Waals surface area contributed by atoms with Crippen LogP contribution >= 0.6 is 0 Å². The van der Waals surface area contributed by atoms with Crippen molar-refractivity contribution in [3.05, 3.63) is 29.3 Å². The molecular formula is C18H28N2O. The van der Waals surface area contributed by atoms with Crippen molar-refractivity contribution < 1.29 is 4.74 Å². The Kier molecular flexibility index (Phi) is 5.15. The van der Waals surface area contributed by atoms with E-state index in [1.807, 2.05) is 0 Å². The van der Waals surface area contributed by atoms with E-state index in [1.165, 1.54) is 43.5 Å². The van der Waals surface area contributed by atoms with Crippen molar-refractivity contribution in [3.8, 4) is 5.75 Å². The Morgan fingerprint density at radius 2 is 2.33 bits per heavy atom. The first-order chi connectivity index (χ1) is 10.4. The van der Waals surface area contributed by atoms with Crippen molar-refractivity contribution in [2.75, 3.05) is 32.8 Å². The molecule has 21 heavy (non-hydrogen) atoms. The molecular weight excluding hydrogens is 260 g/mol. The molecule has 0 radical (unpaired) electrons. The number of fused-ring (bicyclic) bond motifs is 1. The van der Waals surface area contributed by atoms with Crippen LogP contribution in [0.3, 0.4) is 0 Å². The maximum absolute atomic E-state index is 5.58. The van der Waals surface area contributed by atoms with Crippen molar-refractivity contribution in [2.24, 2.45) is 0 Å². The van der Waals surface area contributed by atoms with Gasteiger partial charge in [-0.15, -0.1) is 0 Å². The molecule has 1 aromatic rings. The zero-order valence-corrected chi connectivity index (χ0v) is 13.2. The van der Waals surface area contributed by atoms with Crippen LogP contribution < -0.4 is 10.1 Å². The highest BCUT2D eigenvalue weighted by Crippen LogP contribution is 2.26. The largest absolute Gasteiger partial charge is 0.493 e. The molecule has 1 atom stereocenters. The van der Waals surface area contributed by atoms with Crippen molar-refractivity contribution in [2.45, 2.75) is 45.1 Å². The van der Waals surface area contributed by atoms with Crippen LogP contribution in [0.5, 0.6) is 5.75 Å². The molecule has 0 aliphatic carbocycles. The minimum Gasteiger partial charge on any atom is -0.493 e. The highest BCUT2D eigenvalue weighted by molar-refractivity contribution is 5.39. The SMILES string of the molecule is CCCNCC1CCCN1CCc1ccc2c(c1)CCO2. The number of hydrogen-bond acceptors (Lipinski definition) is 3. The lowest BCUT2D eigenvalue weighted by Gasteiger charge is -2.24. The molecule has 2 aliphatic rings. The van der Waals surface area contributed by atoms with E-state index in [2.05, 4.69) is 35.3 Å². The second-order valence-electron chi connectivity index (χ2n) is 6.33. The fraction of sp³-hybridized carbons (Fsp3) is 0.667. The molecule has 1 saturated heterocycles. The second kappa shape index (κ2) is 7.28. The molecule has 1 aromatic carbocycles. The highest BCUT2D eigenvalue weighted by Gasteiger charge is 2.23. The summed E-state index contributed by atoms with van der Waals surface area (Å²) in [6, 6.07) is 7.49. The van der Waals surface area contributed by atoms with E-state index in [9.17, 15) is 0 Å². The summed E-state index contributed by atoms with van der Waals surface area (Å²) < 4.78 is 5.58. The Hall–Kier alpha value is -1.06. The van der Waals surface area contributed by atoms with Gasteiger partial charge in [-0.05, 0) is 56.0 Å². The summed E-state index contributed by atoms with van der Waals surface area (Å²) in [6.07, 6.45) is 6.18. The normalized spacial score (nSPS) is 21.5. The molecule has 3 nitrogen and oxygen atoms in total. The van der Waals surface area contributed by atoms with Gasteiger partial charge in [-0.3, -0.25) is 4.90 Å². The third-order valence-corrected chi connectivity index (χ3v) is 4.75. The summed E-state index contributed by atoms with van der Waals surface area (Å²) >= 11 is 0. The van der Waals surface area contributed by atoms with Gasteiger partial charge in [0.05, 0.1) is 6.61 Å². The van der Waals surface area contributed by atoms with Crippen LogP contribution in [0.1, 0.15) is 37.3 Å². The van der Waals surface area contributed by atoms with Crippen molar-refractivity contribution in [1.29, 1.82) is 0 Å². The summed E-state index contributed by atoms with van der Waals surface area (Å²) in [4.78, 5) is 2.67. The zero-order chi connectivity index (χ0) is 14.5. The first kappa shape index (κ1) is 14.9. The summed E-state index contributed by atoms with van der Waals surface area (Å²) in [5, 5.41) is 3.58. The molecule has 0 spiro atoms. The van der Waals surface area contributed by atoms with Gasteiger partial charge in [0.1, 0.15) is 5.75 Å². The van der Waals surface area contributed by atoms with E-state index in [0.717, 1.165) is 44.3 Å². The van der Waals surface area contributed by atoms with E-state index in [1.54, 1.807) is 0 Å². The summed E-state index contributed by atoms with van der Waals surface area (Å²) in [7, 11) is 0. The third kappa shape index (κ3) is 3.78. The van der Waals surface area contributed by atoms with Crippen molar-refractivity contribution in [1.82, 2.24) is 10.2 Å². The van der Waals surface area contributed by atoms with Gasteiger partial charge in [-0.2, -0.15) is 0 Å². The van der Waals surface area contributed by atoms with Gasteiger partial charge in [0.25, 0.3) is 0 Å². The molecule has 3 rings (SSSR count). The minimum atomic E-state index is 0.745. The maximum Gasteiger partial charge on any atom is 0.122 e. The number of rotatable bonds is 7. The molecule has 1 unspecified atom stereocenters. The summed E-state index contributed by atoms with van der Waals surface area (Å²) in [6.45, 7) is 7.86. The quantitative estimate of drug-likeness (QED) is 0.781. The molecule has 0 bridgehead atoms. The molecule has 0 saturated carbocycles. The topological polar surface area (TPSA) is 24.5 Å². The van der Waals surface area contributed by atoms with E-state index in [-0.39, 0.29) is 0 Å². The standard InChI is InChI=1S/C18H28N2O/c1-2-9-19-14-17-4-3-10-20(17)11-7-15-5-6-18-16(13-15)8-12-21-18/h5-6,13,17,19H,2-4,7-12,14H2,1H3. The van der Waals surface area contributed by atoms with E-state index < -0.39 is 0 Å². The predicted octanol–water partition coefficient (Wildman–Crippen LogP) is 2.63. The molecule has 1 fully saturated rings. The van der Waals surface area contributed by atoms with Crippen LogP contribution in [0, 0.1) is 0 Å². The minimum absolute atomic E-state index is 0.745. The fourth-order valence-electron chi connectivity index (χ4n) is 3.53. The average molecular weight is 288 g/mol. The maximum atomic E-state index is 5.58. The summed E-state index contributed by atoms with van der Waals surface area (Å²) in [5.74, 6) is 1.10. The van der Waals surface area contributed by atoms with Crippen LogP contribution in [0.4, 0.5) is 0 Å². The van der Waals surface area contributed by atoms with Crippen LogP contribution in [-0.4, -0.2) is 43.7 Å². The van der Waals surface area contributed by atoms with Crippen molar-refractivity contribution >= 4 is 0 Å². The molecule has 2 heterocycles. The fourth-order valence-corrected chi connectivity index (χ4v) is 3.53. The second-order valence-corrected chi connectivity index (χ2v) is 6.33. The van der Waals surface area contributed by atoms with Gasteiger partial charge < -0.3 is 10.1 Å². The Morgan fingerprint density at radius 1 is 1.38 bits per heavy atom. The van der Waals surface area contributed by atoms with Gasteiger partial charge in [0, 0.05) is 25.6 Å². The van der Waals surface area contributed by atoms with E-state index in [4.69, 9.17) is 4.74 Å². The number of benzene rings is 1.